The lowest BCUT2D eigenvalue weighted by Crippen LogP contribution is -2.26. The van der Waals surface area contributed by atoms with Crippen molar-refractivity contribution < 1.29 is 0 Å². The van der Waals surface area contributed by atoms with Crippen molar-refractivity contribution >= 4 is 0 Å². The van der Waals surface area contributed by atoms with Gasteiger partial charge in [-0.2, -0.15) is 0 Å². The number of H-pyrrole nitrogens is 1. The Morgan fingerprint density at radius 1 is 1.38 bits per heavy atom. The van der Waals surface area contributed by atoms with Crippen LogP contribution in [0.1, 0.15) is 12.2 Å². The average molecular weight is 179 g/mol. The van der Waals surface area contributed by atoms with Gasteiger partial charge in [-0.25, -0.2) is 10.3 Å². The first-order valence-corrected chi connectivity index (χ1v) is 4.79. The summed E-state index contributed by atoms with van der Waals surface area (Å²) in [5, 5.41) is 4.38. The second kappa shape index (κ2) is 4.39. The largest absolute Gasteiger partial charge is 0.348 e. The molecular formula is C9H15N4. The first-order chi connectivity index (χ1) is 6.45. The van der Waals surface area contributed by atoms with E-state index in [0.717, 1.165) is 38.5 Å². The van der Waals surface area contributed by atoms with Crippen LogP contribution in [0.3, 0.4) is 0 Å². The summed E-state index contributed by atoms with van der Waals surface area (Å²) >= 11 is 0. The second-order valence-corrected chi connectivity index (χ2v) is 3.34. The monoisotopic (exact) mass is 179 g/mol. The van der Waals surface area contributed by atoms with Crippen LogP contribution >= 0.6 is 0 Å². The maximum atomic E-state index is 4.38. The van der Waals surface area contributed by atoms with E-state index in [1.807, 2.05) is 6.20 Å². The van der Waals surface area contributed by atoms with E-state index < -0.39 is 0 Å². The number of imidazole rings is 1. The zero-order chi connectivity index (χ0) is 8.93. The molecule has 0 aliphatic carbocycles. The molecule has 0 aromatic carbocycles. The van der Waals surface area contributed by atoms with Crippen molar-refractivity contribution in [3.8, 4) is 0 Å². The molecule has 1 N–H and O–H groups in total. The maximum Gasteiger partial charge on any atom is 0.120 e. The van der Waals surface area contributed by atoms with Gasteiger partial charge in [-0.1, -0.05) is 0 Å². The van der Waals surface area contributed by atoms with Crippen LogP contribution < -0.4 is 5.32 Å². The molecule has 1 fully saturated rings. The predicted molar refractivity (Wildman–Crippen MR) is 50.3 cm³/mol. The van der Waals surface area contributed by atoms with Gasteiger partial charge < -0.3 is 4.98 Å². The van der Waals surface area contributed by atoms with Crippen LogP contribution in [-0.4, -0.2) is 41.0 Å². The minimum Gasteiger partial charge on any atom is -0.348 e. The van der Waals surface area contributed by atoms with Crippen molar-refractivity contribution in [1.82, 2.24) is 20.2 Å². The van der Waals surface area contributed by atoms with Gasteiger partial charge in [0.1, 0.15) is 5.82 Å². The summed E-state index contributed by atoms with van der Waals surface area (Å²) in [6.07, 6.45) is 4.86. The van der Waals surface area contributed by atoms with Crippen molar-refractivity contribution in [3.05, 3.63) is 18.2 Å². The maximum absolute atomic E-state index is 4.38. The summed E-state index contributed by atoms with van der Waals surface area (Å²) in [6, 6.07) is 0. The first kappa shape index (κ1) is 8.72. The molecule has 0 saturated carbocycles. The molecule has 1 aromatic rings. The fourth-order valence-electron chi connectivity index (χ4n) is 1.60. The number of aromatic amines is 1. The quantitative estimate of drug-likeness (QED) is 0.706. The molecule has 4 nitrogen and oxygen atoms in total. The molecule has 0 unspecified atom stereocenters. The fraction of sp³-hybridized carbons (Fsp3) is 0.667. The highest BCUT2D eigenvalue weighted by Crippen LogP contribution is 2.01. The highest BCUT2D eigenvalue weighted by atomic mass is 15.2. The van der Waals surface area contributed by atoms with E-state index in [4.69, 9.17) is 0 Å². The summed E-state index contributed by atoms with van der Waals surface area (Å²) < 4.78 is 0. The van der Waals surface area contributed by atoms with Gasteiger partial charge in [-0.3, -0.25) is 4.90 Å². The van der Waals surface area contributed by atoms with Gasteiger partial charge in [0.15, 0.2) is 0 Å². The van der Waals surface area contributed by atoms with E-state index in [9.17, 15) is 0 Å². The molecule has 2 rings (SSSR count). The Hall–Kier alpha value is -0.870. The van der Waals surface area contributed by atoms with Gasteiger partial charge in [0, 0.05) is 32.0 Å². The SMILES string of the molecule is c1c[nH]c(CN2CCC[N]CC2)n1. The van der Waals surface area contributed by atoms with Gasteiger partial charge in [0.2, 0.25) is 0 Å². The Kier molecular flexibility index (Phi) is 2.94. The minimum absolute atomic E-state index is 0.933. The zero-order valence-corrected chi connectivity index (χ0v) is 7.74. The van der Waals surface area contributed by atoms with Crippen LogP contribution in [0.4, 0.5) is 0 Å². The van der Waals surface area contributed by atoms with Crippen LogP contribution in [0, 0.1) is 0 Å². The highest BCUT2D eigenvalue weighted by molar-refractivity contribution is 4.87. The zero-order valence-electron chi connectivity index (χ0n) is 7.74. The van der Waals surface area contributed by atoms with Crippen molar-refractivity contribution in [2.75, 3.05) is 26.2 Å². The lowest BCUT2D eigenvalue weighted by atomic mass is 10.4. The van der Waals surface area contributed by atoms with Crippen molar-refractivity contribution in [2.24, 2.45) is 0 Å². The molecule has 1 aliphatic heterocycles. The molecule has 1 saturated heterocycles. The molecule has 0 spiro atoms. The number of nitrogens with zero attached hydrogens (tertiary/aromatic N) is 3. The van der Waals surface area contributed by atoms with Crippen molar-refractivity contribution in [3.63, 3.8) is 0 Å². The van der Waals surface area contributed by atoms with Crippen LogP contribution in [-0.2, 0) is 6.54 Å². The van der Waals surface area contributed by atoms with E-state index >= 15 is 0 Å². The first-order valence-electron chi connectivity index (χ1n) is 4.79. The third-order valence-electron chi connectivity index (χ3n) is 2.29. The van der Waals surface area contributed by atoms with Crippen molar-refractivity contribution in [2.45, 2.75) is 13.0 Å². The number of hydrogen-bond donors (Lipinski definition) is 1. The molecule has 1 aromatic heterocycles. The molecule has 0 bridgehead atoms. The predicted octanol–water partition coefficient (Wildman–Crippen LogP) is 0.220. The van der Waals surface area contributed by atoms with Gasteiger partial charge in [0.05, 0.1) is 6.54 Å². The van der Waals surface area contributed by atoms with Crippen LogP contribution in [0.2, 0.25) is 0 Å². The number of hydrogen-bond acceptors (Lipinski definition) is 2. The fourth-order valence-corrected chi connectivity index (χ4v) is 1.60. The third-order valence-corrected chi connectivity index (χ3v) is 2.29. The molecule has 2 heterocycles. The minimum atomic E-state index is 0.933. The molecule has 1 aliphatic rings. The van der Waals surface area contributed by atoms with E-state index in [-0.39, 0.29) is 0 Å². The van der Waals surface area contributed by atoms with E-state index in [1.54, 1.807) is 6.20 Å². The van der Waals surface area contributed by atoms with Crippen LogP contribution in [0.5, 0.6) is 0 Å². The van der Waals surface area contributed by atoms with Gasteiger partial charge in [0.25, 0.3) is 0 Å². The molecule has 13 heavy (non-hydrogen) atoms. The van der Waals surface area contributed by atoms with Gasteiger partial charge >= 0.3 is 0 Å². The Balaban J connectivity index is 1.86. The molecule has 4 heteroatoms. The summed E-state index contributed by atoms with van der Waals surface area (Å²) in [5.41, 5.74) is 0. The van der Waals surface area contributed by atoms with Crippen LogP contribution in [0.25, 0.3) is 0 Å². The highest BCUT2D eigenvalue weighted by Gasteiger charge is 2.09. The van der Waals surface area contributed by atoms with E-state index in [1.165, 1.54) is 6.42 Å². The van der Waals surface area contributed by atoms with E-state index in [2.05, 4.69) is 20.2 Å². The second-order valence-electron chi connectivity index (χ2n) is 3.34. The lowest BCUT2D eigenvalue weighted by Gasteiger charge is -2.17. The Labute approximate surface area is 78.4 Å². The Morgan fingerprint density at radius 2 is 2.38 bits per heavy atom. The standard InChI is InChI=1S/C9H15N4/c1-2-10-5-7-13(6-1)8-9-11-3-4-12-9/h3-4H,1-2,5-8H2,(H,11,12). The smallest absolute Gasteiger partial charge is 0.120 e. The summed E-state index contributed by atoms with van der Waals surface area (Å²) in [4.78, 5) is 9.73. The topological polar surface area (TPSA) is 46.0 Å². The number of rotatable bonds is 2. The summed E-state index contributed by atoms with van der Waals surface area (Å²) in [6.45, 7) is 5.14. The third kappa shape index (κ3) is 2.54. The average Bonchev–Trinajstić information content (AvgIpc) is 2.49. The molecule has 0 amide bonds. The van der Waals surface area contributed by atoms with Gasteiger partial charge in [-0.15, -0.1) is 0 Å². The normalized spacial score (nSPS) is 20.0. The van der Waals surface area contributed by atoms with E-state index in [0.29, 0.717) is 0 Å². The molecule has 1 radical (unpaired) electrons. The lowest BCUT2D eigenvalue weighted by molar-refractivity contribution is 0.278. The van der Waals surface area contributed by atoms with Gasteiger partial charge in [-0.05, 0) is 13.0 Å². The number of aromatic nitrogens is 2. The summed E-state index contributed by atoms with van der Waals surface area (Å²) in [7, 11) is 0. The molecular weight excluding hydrogens is 164 g/mol. The Bertz CT molecular complexity index is 224. The molecule has 0 atom stereocenters. The number of nitrogens with one attached hydrogen (secondary N) is 1. The summed E-state index contributed by atoms with van der Waals surface area (Å²) in [5.74, 6) is 1.06. The molecule has 71 valence electrons. The van der Waals surface area contributed by atoms with Crippen molar-refractivity contribution in [1.29, 1.82) is 0 Å². The Morgan fingerprint density at radius 3 is 3.23 bits per heavy atom. The van der Waals surface area contributed by atoms with Crippen LogP contribution in [0.15, 0.2) is 12.4 Å².